The van der Waals surface area contributed by atoms with Gasteiger partial charge in [-0.15, -0.1) is 0 Å². The molecule has 1 rings (SSSR count). The van der Waals surface area contributed by atoms with Gasteiger partial charge in [0, 0.05) is 25.1 Å². The topological polar surface area (TPSA) is 41.5 Å². The number of rotatable bonds is 8. The zero-order valence-electron chi connectivity index (χ0n) is 11.1. The fourth-order valence-electron chi connectivity index (χ4n) is 1.57. The van der Waals surface area contributed by atoms with Crippen LogP contribution in [-0.4, -0.2) is 24.9 Å². The number of hydrogen-bond donors (Lipinski definition) is 2. The monoisotopic (exact) mass is 255 g/mol. The maximum Gasteiger partial charge on any atom is 0.123 e. The van der Waals surface area contributed by atoms with Gasteiger partial charge in [0.1, 0.15) is 11.6 Å². The quantitative estimate of drug-likeness (QED) is 0.701. The molecule has 18 heavy (non-hydrogen) atoms. The van der Waals surface area contributed by atoms with Gasteiger partial charge in [0.2, 0.25) is 0 Å². The summed E-state index contributed by atoms with van der Waals surface area (Å²) >= 11 is 0. The molecule has 0 aliphatic rings. The van der Waals surface area contributed by atoms with Crippen LogP contribution in [0.1, 0.15) is 25.8 Å². The highest BCUT2D eigenvalue weighted by molar-refractivity contribution is 5.33. The molecule has 0 radical (unpaired) electrons. The van der Waals surface area contributed by atoms with Gasteiger partial charge in [-0.1, -0.05) is 13.8 Å². The minimum absolute atomic E-state index is 0.0993. The lowest BCUT2D eigenvalue weighted by Crippen LogP contribution is -2.19. The van der Waals surface area contributed by atoms with Gasteiger partial charge in [0.05, 0.1) is 6.61 Å². The molecule has 0 spiro atoms. The Morgan fingerprint density at radius 3 is 2.83 bits per heavy atom. The van der Waals surface area contributed by atoms with E-state index in [0.717, 1.165) is 12.1 Å². The highest BCUT2D eigenvalue weighted by atomic mass is 19.1. The van der Waals surface area contributed by atoms with Gasteiger partial charge >= 0.3 is 0 Å². The summed E-state index contributed by atoms with van der Waals surface area (Å²) in [6, 6.07) is 4.51. The van der Waals surface area contributed by atoms with E-state index in [9.17, 15) is 4.39 Å². The van der Waals surface area contributed by atoms with Crippen molar-refractivity contribution in [1.29, 1.82) is 0 Å². The van der Waals surface area contributed by atoms with Crippen LogP contribution < -0.4 is 10.1 Å². The van der Waals surface area contributed by atoms with Crippen molar-refractivity contribution in [2.75, 3.05) is 19.8 Å². The van der Waals surface area contributed by atoms with Crippen LogP contribution in [0.25, 0.3) is 0 Å². The summed E-state index contributed by atoms with van der Waals surface area (Å²) in [6.07, 6.45) is 0.580. The van der Waals surface area contributed by atoms with Gasteiger partial charge in [-0.3, -0.25) is 0 Å². The summed E-state index contributed by atoms with van der Waals surface area (Å²) in [4.78, 5) is 0. The summed E-state index contributed by atoms with van der Waals surface area (Å²) in [5.74, 6) is 0.976. The fraction of sp³-hybridized carbons (Fsp3) is 0.571. The zero-order chi connectivity index (χ0) is 13.4. The Labute approximate surface area is 108 Å². The van der Waals surface area contributed by atoms with E-state index in [1.165, 1.54) is 12.1 Å². The second kappa shape index (κ2) is 8.06. The first-order valence-corrected chi connectivity index (χ1v) is 6.36. The average molecular weight is 255 g/mol. The minimum atomic E-state index is -0.258. The van der Waals surface area contributed by atoms with Crippen molar-refractivity contribution in [2.45, 2.75) is 26.8 Å². The molecule has 0 aliphatic heterocycles. The number of hydrogen-bond acceptors (Lipinski definition) is 3. The number of nitrogens with one attached hydrogen (secondary N) is 1. The van der Waals surface area contributed by atoms with Crippen LogP contribution >= 0.6 is 0 Å². The Balaban J connectivity index is 2.58. The van der Waals surface area contributed by atoms with Crippen molar-refractivity contribution in [3.05, 3.63) is 29.6 Å². The van der Waals surface area contributed by atoms with Crippen LogP contribution in [-0.2, 0) is 6.54 Å². The first-order valence-electron chi connectivity index (χ1n) is 6.36. The van der Waals surface area contributed by atoms with E-state index in [-0.39, 0.29) is 12.4 Å². The van der Waals surface area contributed by atoms with E-state index >= 15 is 0 Å². The van der Waals surface area contributed by atoms with Gasteiger partial charge in [0.15, 0.2) is 0 Å². The van der Waals surface area contributed by atoms with Gasteiger partial charge in [-0.25, -0.2) is 4.39 Å². The van der Waals surface area contributed by atoms with E-state index < -0.39 is 0 Å². The van der Waals surface area contributed by atoms with E-state index in [0.29, 0.717) is 31.2 Å². The molecule has 102 valence electrons. The smallest absolute Gasteiger partial charge is 0.123 e. The summed E-state index contributed by atoms with van der Waals surface area (Å²) in [6.45, 7) is 6.26. The maximum atomic E-state index is 13.2. The molecular formula is C14H22FNO2. The largest absolute Gasteiger partial charge is 0.493 e. The van der Waals surface area contributed by atoms with Gasteiger partial charge in [0.25, 0.3) is 0 Å². The lowest BCUT2D eigenvalue weighted by atomic mass is 10.1. The molecule has 0 amide bonds. The normalized spacial score (nSPS) is 10.9. The molecule has 0 atom stereocenters. The van der Waals surface area contributed by atoms with Gasteiger partial charge < -0.3 is 15.2 Å². The van der Waals surface area contributed by atoms with Crippen LogP contribution in [0.5, 0.6) is 5.75 Å². The highest BCUT2D eigenvalue weighted by Crippen LogP contribution is 2.19. The van der Waals surface area contributed by atoms with Crippen molar-refractivity contribution in [3.8, 4) is 5.75 Å². The van der Waals surface area contributed by atoms with Gasteiger partial charge in [-0.05, 0) is 30.7 Å². The second-order valence-corrected chi connectivity index (χ2v) is 4.70. The predicted octanol–water partition coefficient (Wildman–Crippen LogP) is 2.33. The Morgan fingerprint density at radius 2 is 2.17 bits per heavy atom. The standard InChI is InChI=1S/C14H22FNO2/c1-11(2)9-16-10-12-8-13(15)4-5-14(12)18-7-3-6-17/h4-5,8,11,16-17H,3,6-7,9-10H2,1-2H3. The molecule has 0 unspecified atom stereocenters. The third kappa shape index (κ3) is 5.47. The van der Waals surface area contributed by atoms with E-state index in [4.69, 9.17) is 9.84 Å². The lowest BCUT2D eigenvalue weighted by Gasteiger charge is -2.13. The van der Waals surface area contributed by atoms with Crippen molar-refractivity contribution in [3.63, 3.8) is 0 Å². The van der Waals surface area contributed by atoms with Crippen molar-refractivity contribution in [2.24, 2.45) is 5.92 Å². The molecule has 3 nitrogen and oxygen atoms in total. The number of halogens is 1. The third-order valence-electron chi connectivity index (χ3n) is 2.45. The first-order chi connectivity index (χ1) is 8.63. The fourth-order valence-corrected chi connectivity index (χ4v) is 1.57. The van der Waals surface area contributed by atoms with Crippen LogP contribution in [0.15, 0.2) is 18.2 Å². The van der Waals surface area contributed by atoms with Crippen molar-refractivity contribution >= 4 is 0 Å². The molecule has 0 fully saturated rings. The van der Waals surface area contributed by atoms with Gasteiger partial charge in [-0.2, -0.15) is 0 Å². The average Bonchev–Trinajstić information content (AvgIpc) is 2.31. The van der Waals surface area contributed by atoms with Crippen LogP contribution in [0.4, 0.5) is 4.39 Å². The zero-order valence-corrected chi connectivity index (χ0v) is 11.1. The molecular weight excluding hydrogens is 233 g/mol. The Kier molecular flexibility index (Phi) is 6.68. The minimum Gasteiger partial charge on any atom is -0.493 e. The molecule has 0 aliphatic carbocycles. The molecule has 1 aromatic rings. The first kappa shape index (κ1) is 14.9. The number of benzene rings is 1. The van der Waals surface area contributed by atoms with Crippen LogP contribution in [0, 0.1) is 11.7 Å². The second-order valence-electron chi connectivity index (χ2n) is 4.70. The van der Waals surface area contributed by atoms with E-state index in [1.54, 1.807) is 6.07 Å². The maximum absolute atomic E-state index is 13.2. The SMILES string of the molecule is CC(C)CNCc1cc(F)ccc1OCCCO. The number of ether oxygens (including phenoxy) is 1. The molecule has 0 heterocycles. The molecule has 0 saturated heterocycles. The summed E-state index contributed by atoms with van der Waals surface area (Å²) in [5.41, 5.74) is 0.814. The van der Waals surface area contributed by atoms with E-state index in [2.05, 4.69) is 19.2 Å². The third-order valence-corrected chi connectivity index (χ3v) is 2.45. The molecule has 2 N–H and O–H groups in total. The Bertz CT molecular complexity index is 356. The van der Waals surface area contributed by atoms with E-state index in [1.807, 2.05) is 0 Å². The van der Waals surface area contributed by atoms with Crippen LogP contribution in [0.2, 0.25) is 0 Å². The highest BCUT2D eigenvalue weighted by Gasteiger charge is 2.05. The predicted molar refractivity (Wildman–Crippen MR) is 70.1 cm³/mol. The van der Waals surface area contributed by atoms with Crippen molar-refractivity contribution in [1.82, 2.24) is 5.32 Å². The molecule has 0 saturated carbocycles. The number of aliphatic hydroxyl groups excluding tert-OH is 1. The Morgan fingerprint density at radius 1 is 1.39 bits per heavy atom. The van der Waals surface area contributed by atoms with Crippen LogP contribution in [0.3, 0.4) is 0 Å². The molecule has 0 bridgehead atoms. The Hall–Kier alpha value is -1.13. The molecule has 4 heteroatoms. The summed E-state index contributed by atoms with van der Waals surface area (Å²) < 4.78 is 18.7. The molecule has 1 aromatic carbocycles. The lowest BCUT2D eigenvalue weighted by molar-refractivity contribution is 0.232. The summed E-state index contributed by atoms with van der Waals surface area (Å²) in [5, 5.41) is 12.0. The summed E-state index contributed by atoms with van der Waals surface area (Å²) in [7, 11) is 0. The van der Waals surface area contributed by atoms with Crippen molar-refractivity contribution < 1.29 is 14.2 Å². The molecule has 0 aromatic heterocycles. The number of aliphatic hydroxyl groups is 1.